The van der Waals surface area contributed by atoms with Crippen molar-refractivity contribution in [3.05, 3.63) is 52.4 Å². The molecule has 4 nitrogen and oxygen atoms in total. The zero-order chi connectivity index (χ0) is 15.2. The summed E-state index contributed by atoms with van der Waals surface area (Å²) in [5.41, 5.74) is 3.38. The van der Waals surface area contributed by atoms with Crippen LogP contribution in [0.3, 0.4) is 0 Å². The Kier molecular flexibility index (Phi) is 2.90. The number of benzene rings is 1. The lowest BCUT2D eigenvalue weighted by molar-refractivity contribution is 0.0706. The molecule has 0 amide bonds. The third kappa shape index (κ3) is 2.05. The average Bonchev–Trinajstić information content (AvgIpc) is 2.90. The summed E-state index contributed by atoms with van der Waals surface area (Å²) in [5.74, 6) is 0.852. The maximum Gasteiger partial charge on any atom is 0.168 e. The summed E-state index contributed by atoms with van der Waals surface area (Å²) in [6.45, 7) is 0. The SMILES string of the molecule is N#Cc1ccc(Cc2onc3c2C(=O)CC2(CCC2)C3)cc1. The fourth-order valence-electron chi connectivity index (χ4n) is 3.68. The highest BCUT2D eigenvalue weighted by Gasteiger charge is 2.45. The van der Waals surface area contributed by atoms with Crippen molar-refractivity contribution >= 4 is 5.78 Å². The fourth-order valence-corrected chi connectivity index (χ4v) is 3.68. The third-order valence-electron chi connectivity index (χ3n) is 5.05. The second-order valence-electron chi connectivity index (χ2n) is 6.54. The molecule has 4 rings (SSSR count). The van der Waals surface area contributed by atoms with Crippen LogP contribution in [0.15, 0.2) is 28.8 Å². The molecule has 1 aromatic heterocycles. The Balaban J connectivity index is 1.62. The van der Waals surface area contributed by atoms with Crippen LogP contribution in [-0.4, -0.2) is 10.9 Å². The molecule has 0 N–H and O–H groups in total. The molecule has 2 aromatic rings. The van der Waals surface area contributed by atoms with Crippen LogP contribution in [0.5, 0.6) is 0 Å². The summed E-state index contributed by atoms with van der Waals surface area (Å²) in [4.78, 5) is 12.5. The Labute approximate surface area is 128 Å². The molecule has 0 atom stereocenters. The van der Waals surface area contributed by atoms with E-state index in [4.69, 9.17) is 9.78 Å². The van der Waals surface area contributed by atoms with Gasteiger partial charge in [0.2, 0.25) is 0 Å². The number of ketones is 1. The Morgan fingerprint density at radius 1 is 1.23 bits per heavy atom. The zero-order valence-electron chi connectivity index (χ0n) is 12.3. The molecule has 1 saturated carbocycles. The molecule has 0 aliphatic heterocycles. The molecule has 1 fully saturated rings. The monoisotopic (exact) mass is 292 g/mol. The van der Waals surface area contributed by atoms with Gasteiger partial charge in [-0.2, -0.15) is 5.26 Å². The van der Waals surface area contributed by atoms with Gasteiger partial charge in [0.05, 0.1) is 22.9 Å². The summed E-state index contributed by atoms with van der Waals surface area (Å²) in [5, 5.41) is 13.0. The predicted molar refractivity (Wildman–Crippen MR) is 79.4 cm³/mol. The molecular weight excluding hydrogens is 276 g/mol. The van der Waals surface area contributed by atoms with Gasteiger partial charge in [-0.25, -0.2) is 0 Å². The molecular formula is C18H16N2O2. The Bertz CT molecular complexity index is 776. The van der Waals surface area contributed by atoms with Gasteiger partial charge in [0.25, 0.3) is 0 Å². The first-order valence-electron chi connectivity index (χ1n) is 7.69. The lowest BCUT2D eigenvalue weighted by Gasteiger charge is -2.43. The number of carbonyl (C=O) groups excluding carboxylic acids is 1. The fraction of sp³-hybridized carbons (Fsp3) is 0.389. The second kappa shape index (κ2) is 4.81. The van der Waals surface area contributed by atoms with E-state index in [1.165, 1.54) is 6.42 Å². The average molecular weight is 292 g/mol. The first kappa shape index (κ1) is 13.3. The van der Waals surface area contributed by atoms with Gasteiger partial charge in [0.1, 0.15) is 0 Å². The number of carbonyl (C=O) groups is 1. The molecule has 0 saturated heterocycles. The third-order valence-corrected chi connectivity index (χ3v) is 5.05. The molecule has 1 spiro atoms. The molecule has 4 heteroatoms. The van der Waals surface area contributed by atoms with E-state index in [0.717, 1.165) is 30.5 Å². The van der Waals surface area contributed by atoms with Gasteiger partial charge in [-0.05, 0) is 42.4 Å². The van der Waals surface area contributed by atoms with Crippen LogP contribution >= 0.6 is 0 Å². The van der Waals surface area contributed by atoms with E-state index in [0.29, 0.717) is 29.7 Å². The van der Waals surface area contributed by atoms with E-state index in [2.05, 4.69) is 11.2 Å². The molecule has 2 aliphatic carbocycles. The molecule has 1 heterocycles. The normalized spacial score (nSPS) is 18.6. The first-order valence-corrected chi connectivity index (χ1v) is 7.69. The number of nitrogens with zero attached hydrogens (tertiary/aromatic N) is 2. The van der Waals surface area contributed by atoms with Gasteiger partial charge in [0, 0.05) is 12.8 Å². The van der Waals surface area contributed by atoms with Crippen molar-refractivity contribution in [2.45, 2.75) is 38.5 Å². The Hall–Kier alpha value is -2.41. The van der Waals surface area contributed by atoms with E-state index in [9.17, 15) is 4.79 Å². The molecule has 110 valence electrons. The predicted octanol–water partition coefficient (Wildman–Crippen LogP) is 3.44. The van der Waals surface area contributed by atoms with Crippen LogP contribution in [-0.2, 0) is 12.8 Å². The molecule has 0 unspecified atom stereocenters. The van der Waals surface area contributed by atoms with E-state index < -0.39 is 0 Å². The molecule has 22 heavy (non-hydrogen) atoms. The van der Waals surface area contributed by atoms with Crippen molar-refractivity contribution in [2.75, 3.05) is 0 Å². The topological polar surface area (TPSA) is 66.9 Å². The highest BCUT2D eigenvalue weighted by molar-refractivity contribution is 5.99. The Morgan fingerprint density at radius 2 is 2.00 bits per heavy atom. The van der Waals surface area contributed by atoms with E-state index in [1.54, 1.807) is 12.1 Å². The van der Waals surface area contributed by atoms with E-state index >= 15 is 0 Å². The minimum atomic E-state index is 0.173. The number of aromatic nitrogens is 1. The highest BCUT2D eigenvalue weighted by atomic mass is 16.5. The van der Waals surface area contributed by atoms with Crippen molar-refractivity contribution < 1.29 is 9.32 Å². The minimum absolute atomic E-state index is 0.173. The van der Waals surface area contributed by atoms with Gasteiger partial charge < -0.3 is 4.52 Å². The van der Waals surface area contributed by atoms with E-state index in [1.807, 2.05) is 12.1 Å². The smallest absolute Gasteiger partial charge is 0.168 e. The number of hydrogen-bond acceptors (Lipinski definition) is 4. The zero-order valence-corrected chi connectivity index (χ0v) is 12.3. The van der Waals surface area contributed by atoms with E-state index in [-0.39, 0.29) is 11.2 Å². The van der Waals surface area contributed by atoms with Crippen LogP contribution in [0.25, 0.3) is 0 Å². The van der Waals surface area contributed by atoms with Crippen LogP contribution in [0.2, 0.25) is 0 Å². The van der Waals surface area contributed by atoms with Crippen molar-refractivity contribution in [3.63, 3.8) is 0 Å². The first-order chi connectivity index (χ1) is 10.7. The lowest BCUT2D eigenvalue weighted by atomic mass is 9.60. The van der Waals surface area contributed by atoms with Crippen LogP contribution in [0, 0.1) is 16.7 Å². The number of hydrogen-bond donors (Lipinski definition) is 0. The number of rotatable bonds is 2. The summed E-state index contributed by atoms with van der Waals surface area (Å²) >= 11 is 0. The largest absolute Gasteiger partial charge is 0.360 e. The quantitative estimate of drug-likeness (QED) is 0.850. The van der Waals surface area contributed by atoms with Gasteiger partial charge in [-0.3, -0.25) is 4.79 Å². The molecule has 1 aromatic carbocycles. The van der Waals surface area contributed by atoms with Crippen LogP contribution in [0.1, 0.15) is 58.6 Å². The summed E-state index contributed by atoms with van der Waals surface area (Å²) in [7, 11) is 0. The lowest BCUT2D eigenvalue weighted by Crippen LogP contribution is -2.38. The van der Waals surface area contributed by atoms with Crippen molar-refractivity contribution in [1.82, 2.24) is 5.16 Å². The Morgan fingerprint density at radius 3 is 2.64 bits per heavy atom. The second-order valence-corrected chi connectivity index (χ2v) is 6.54. The maximum atomic E-state index is 12.5. The minimum Gasteiger partial charge on any atom is -0.360 e. The summed E-state index contributed by atoms with van der Waals surface area (Å²) in [6, 6.07) is 9.46. The molecule has 0 bridgehead atoms. The standard InChI is InChI=1S/C18H16N2O2/c19-11-13-4-2-12(3-5-13)8-16-17-14(20-22-16)9-18(6-1-7-18)10-15(17)21/h2-5H,1,6-10H2. The number of Topliss-reactive ketones (excluding diaryl/α,β-unsaturated/α-hetero) is 1. The molecule has 2 aliphatic rings. The van der Waals surface area contributed by atoms with Crippen LogP contribution < -0.4 is 0 Å². The van der Waals surface area contributed by atoms with Crippen molar-refractivity contribution in [1.29, 1.82) is 5.26 Å². The summed E-state index contributed by atoms with van der Waals surface area (Å²) in [6.07, 6.45) is 5.56. The van der Waals surface area contributed by atoms with Gasteiger partial charge in [0.15, 0.2) is 11.5 Å². The maximum absolute atomic E-state index is 12.5. The number of nitriles is 1. The van der Waals surface area contributed by atoms with Gasteiger partial charge in [-0.15, -0.1) is 0 Å². The molecule has 0 radical (unpaired) electrons. The number of fused-ring (bicyclic) bond motifs is 1. The van der Waals surface area contributed by atoms with Gasteiger partial charge in [-0.1, -0.05) is 23.7 Å². The van der Waals surface area contributed by atoms with Gasteiger partial charge >= 0.3 is 0 Å². The van der Waals surface area contributed by atoms with Crippen molar-refractivity contribution in [3.8, 4) is 6.07 Å². The highest BCUT2D eigenvalue weighted by Crippen LogP contribution is 2.50. The van der Waals surface area contributed by atoms with Crippen LogP contribution in [0.4, 0.5) is 0 Å². The summed E-state index contributed by atoms with van der Waals surface area (Å²) < 4.78 is 5.47. The van der Waals surface area contributed by atoms with Crippen molar-refractivity contribution in [2.24, 2.45) is 5.41 Å².